The second kappa shape index (κ2) is 10.4. The number of para-hydroxylation sites is 1. The van der Waals surface area contributed by atoms with E-state index < -0.39 is 5.82 Å². The highest BCUT2D eigenvalue weighted by atomic mass is 35.5. The molecule has 0 bridgehead atoms. The number of benzene rings is 3. The standard InChI is InChI=1S/C25H18ClFN2O3S2/c1-15-6-9-18(13-20(15)26)28-23(30)14-32-21-5-3-2-4-16(21)12-22-24(31)29(25(33)34-22)19-10-7-17(27)8-11-19/h2-13H,14H2,1H3,(H,28,30)/b22-12-. The fourth-order valence-corrected chi connectivity index (χ4v) is 4.63. The molecule has 0 atom stereocenters. The Morgan fingerprint density at radius 2 is 1.91 bits per heavy atom. The van der Waals surface area contributed by atoms with Gasteiger partial charge in [-0.2, -0.15) is 0 Å². The van der Waals surface area contributed by atoms with Crippen LogP contribution in [0.3, 0.4) is 0 Å². The Balaban J connectivity index is 1.47. The highest BCUT2D eigenvalue weighted by molar-refractivity contribution is 8.27. The average molecular weight is 513 g/mol. The highest BCUT2D eigenvalue weighted by Gasteiger charge is 2.33. The zero-order chi connectivity index (χ0) is 24.2. The second-order valence-electron chi connectivity index (χ2n) is 7.33. The van der Waals surface area contributed by atoms with Gasteiger partial charge in [-0.3, -0.25) is 14.5 Å². The number of hydrogen-bond acceptors (Lipinski definition) is 5. The maximum absolute atomic E-state index is 13.3. The SMILES string of the molecule is Cc1ccc(NC(=O)COc2ccccc2/C=C2\SC(=S)N(c3ccc(F)cc3)C2=O)cc1Cl. The van der Waals surface area contributed by atoms with E-state index in [9.17, 15) is 14.0 Å². The number of ether oxygens (including phenoxy) is 1. The molecule has 4 rings (SSSR count). The first kappa shape index (κ1) is 23.9. The Bertz CT molecular complexity index is 1310. The van der Waals surface area contributed by atoms with Crippen LogP contribution in [0.4, 0.5) is 15.8 Å². The van der Waals surface area contributed by atoms with Crippen molar-refractivity contribution in [2.45, 2.75) is 6.92 Å². The number of nitrogens with one attached hydrogen (secondary N) is 1. The number of amides is 2. The minimum Gasteiger partial charge on any atom is -0.483 e. The second-order valence-corrected chi connectivity index (χ2v) is 9.42. The number of anilines is 2. The fourth-order valence-electron chi connectivity index (χ4n) is 3.16. The molecule has 2 amide bonds. The van der Waals surface area contributed by atoms with Crippen LogP contribution in [0.1, 0.15) is 11.1 Å². The molecule has 0 radical (unpaired) electrons. The lowest BCUT2D eigenvalue weighted by Crippen LogP contribution is -2.27. The van der Waals surface area contributed by atoms with Crippen molar-refractivity contribution in [3.05, 3.63) is 93.6 Å². The van der Waals surface area contributed by atoms with Crippen molar-refractivity contribution >= 4 is 69.2 Å². The molecular weight excluding hydrogens is 495 g/mol. The van der Waals surface area contributed by atoms with Crippen molar-refractivity contribution in [1.82, 2.24) is 0 Å². The van der Waals surface area contributed by atoms with Gasteiger partial charge in [0.15, 0.2) is 10.9 Å². The maximum atomic E-state index is 13.3. The molecule has 1 N–H and O–H groups in total. The Morgan fingerprint density at radius 1 is 1.18 bits per heavy atom. The summed E-state index contributed by atoms with van der Waals surface area (Å²) >= 11 is 12.6. The van der Waals surface area contributed by atoms with Crippen LogP contribution < -0.4 is 15.0 Å². The topological polar surface area (TPSA) is 58.6 Å². The van der Waals surface area contributed by atoms with E-state index in [4.69, 9.17) is 28.6 Å². The molecule has 1 aliphatic heterocycles. The van der Waals surface area contributed by atoms with Crippen LogP contribution in [-0.2, 0) is 9.59 Å². The fraction of sp³-hybridized carbons (Fsp3) is 0.0800. The Hall–Kier alpha value is -3.20. The highest BCUT2D eigenvalue weighted by Crippen LogP contribution is 2.37. The van der Waals surface area contributed by atoms with Crippen molar-refractivity contribution in [1.29, 1.82) is 0 Å². The van der Waals surface area contributed by atoms with Gasteiger partial charge >= 0.3 is 0 Å². The third-order valence-electron chi connectivity index (χ3n) is 4.90. The van der Waals surface area contributed by atoms with Crippen molar-refractivity contribution < 1.29 is 18.7 Å². The van der Waals surface area contributed by atoms with Crippen LogP contribution in [0.2, 0.25) is 5.02 Å². The van der Waals surface area contributed by atoms with Crippen LogP contribution in [0.25, 0.3) is 6.08 Å². The van der Waals surface area contributed by atoms with Crippen molar-refractivity contribution in [2.24, 2.45) is 0 Å². The van der Waals surface area contributed by atoms with Crippen LogP contribution in [0, 0.1) is 12.7 Å². The number of halogens is 2. The van der Waals surface area contributed by atoms with Crippen LogP contribution in [0.15, 0.2) is 71.6 Å². The molecule has 9 heteroatoms. The zero-order valence-electron chi connectivity index (χ0n) is 17.9. The van der Waals surface area contributed by atoms with Crippen LogP contribution in [0.5, 0.6) is 5.75 Å². The summed E-state index contributed by atoms with van der Waals surface area (Å²) in [6.45, 7) is 1.65. The van der Waals surface area contributed by atoms with E-state index in [1.807, 2.05) is 13.0 Å². The summed E-state index contributed by atoms with van der Waals surface area (Å²) in [6, 6.07) is 17.9. The molecule has 34 heavy (non-hydrogen) atoms. The van der Waals surface area contributed by atoms with Gasteiger partial charge < -0.3 is 10.1 Å². The number of carbonyl (C=O) groups excluding carboxylic acids is 2. The van der Waals surface area contributed by atoms with Crippen LogP contribution >= 0.6 is 35.6 Å². The van der Waals surface area contributed by atoms with Gasteiger partial charge in [-0.05, 0) is 61.0 Å². The molecule has 3 aromatic carbocycles. The van der Waals surface area contributed by atoms with Gasteiger partial charge in [-0.25, -0.2) is 4.39 Å². The number of carbonyl (C=O) groups is 2. The Kier molecular flexibility index (Phi) is 7.31. The van der Waals surface area contributed by atoms with Gasteiger partial charge in [0, 0.05) is 16.3 Å². The van der Waals surface area contributed by atoms with E-state index in [1.54, 1.807) is 42.5 Å². The third kappa shape index (κ3) is 5.47. The summed E-state index contributed by atoms with van der Waals surface area (Å²) in [5.74, 6) is -0.625. The minimum atomic E-state index is -0.398. The molecule has 1 saturated heterocycles. The monoisotopic (exact) mass is 512 g/mol. The van der Waals surface area contributed by atoms with E-state index in [0.717, 1.165) is 17.3 Å². The quantitative estimate of drug-likeness (QED) is 0.314. The molecule has 0 aromatic heterocycles. The Morgan fingerprint density at radius 3 is 2.65 bits per heavy atom. The smallest absolute Gasteiger partial charge is 0.270 e. The Labute approximate surface area is 210 Å². The number of thiocarbonyl (C=S) groups is 1. The van der Waals surface area contributed by atoms with Gasteiger partial charge in [0.25, 0.3) is 11.8 Å². The number of rotatable bonds is 6. The lowest BCUT2D eigenvalue weighted by molar-refractivity contribution is -0.118. The summed E-state index contributed by atoms with van der Waals surface area (Å²) < 4.78 is 19.3. The first-order chi connectivity index (χ1) is 16.3. The lowest BCUT2D eigenvalue weighted by atomic mass is 10.2. The maximum Gasteiger partial charge on any atom is 0.270 e. The zero-order valence-corrected chi connectivity index (χ0v) is 20.3. The molecule has 0 unspecified atom stereocenters. The van der Waals surface area contributed by atoms with Crippen molar-refractivity contribution in [3.8, 4) is 5.75 Å². The summed E-state index contributed by atoms with van der Waals surface area (Å²) in [5.41, 5.74) is 2.59. The number of hydrogen-bond donors (Lipinski definition) is 1. The predicted molar refractivity (Wildman–Crippen MR) is 139 cm³/mol. The molecule has 1 aliphatic rings. The summed E-state index contributed by atoms with van der Waals surface area (Å²) in [5, 5.41) is 3.30. The van der Waals surface area contributed by atoms with E-state index >= 15 is 0 Å². The molecule has 172 valence electrons. The number of aryl methyl sites for hydroxylation is 1. The number of thioether (sulfide) groups is 1. The molecule has 1 heterocycles. The lowest BCUT2D eigenvalue weighted by Gasteiger charge is -2.14. The minimum absolute atomic E-state index is 0.229. The molecule has 5 nitrogen and oxygen atoms in total. The van der Waals surface area contributed by atoms with Crippen molar-refractivity contribution in [3.63, 3.8) is 0 Å². The number of nitrogens with zero attached hydrogens (tertiary/aromatic N) is 1. The summed E-state index contributed by atoms with van der Waals surface area (Å²) in [6.07, 6.45) is 1.66. The normalized spacial score (nSPS) is 14.6. The third-order valence-corrected chi connectivity index (χ3v) is 6.61. The molecule has 3 aromatic rings. The summed E-state index contributed by atoms with van der Waals surface area (Å²) in [7, 11) is 0. The first-order valence-corrected chi connectivity index (χ1v) is 11.7. The van der Waals surface area contributed by atoms with Gasteiger partial charge in [-0.15, -0.1) is 0 Å². The molecule has 0 spiro atoms. The largest absolute Gasteiger partial charge is 0.483 e. The van der Waals surface area contributed by atoms with Gasteiger partial charge in [0.1, 0.15) is 11.6 Å². The first-order valence-electron chi connectivity index (χ1n) is 10.1. The molecule has 0 aliphatic carbocycles. The van der Waals surface area contributed by atoms with Gasteiger partial charge in [-0.1, -0.05) is 59.8 Å². The predicted octanol–water partition coefficient (Wildman–Crippen LogP) is 6.21. The van der Waals surface area contributed by atoms with E-state index in [1.165, 1.54) is 29.2 Å². The van der Waals surface area contributed by atoms with Gasteiger partial charge in [0.05, 0.1) is 10.6 Å². The molecule has 0 saturated carbocycles. The molecule has 1 fully saturated rings. The molecular formula is C25H18ClFN2O3S2. The van der Waals surface area contributed by atoms with Gasteiger partial charge in [0.2, 0.25) is 0 Å². The van der Waals surface area contributed by atoms with E-state index in [-0.39, 0.29) is 18.4 Å². The average Bonchev–Trinajstić information content (AvgIpc) is 3.09. The van der Waals surface area contributed by atoms with E-state index in [2.05, 4.69) is 5.32 Å². The summed E-state index contributed by atoms with van der Waals surface area (Å²) in [4.78, 5) is 27.1. The van der Waals surface area contributed by atoms with Crippen LogP contribution in [-0.4, -0.2) is 22.7 Å². The van der Waals surface area contributed by atoms with Crippen molar-refractivity contribution in [2.75, 3.05) is 16.8 Å². The van der Waals surface area contributed by atoms with E-state index in [0.29, 0.717) is 36.9 Å².